The van der Waals surface area contributed by atoms with Crippen LogP contribution in [0.15, 0.2) is 23.2 Å². The first kappa shape index (κ1) is 12.0. The fraction of sp³-hybridized carbons (Fsp3) is 0.333. The van der Waals surface area contributed by atoms with E-state index in [1.165, 1.54) is 11.8 Å². The van der Waals surface area contributed by atoms with Crippen molar-refractivity contribution < 1.29 is 10.2 Å². The molecule has 5 N–H and O–H groups in total. The summed E-state index contributed by atoms with van der Waals surface area (Å²) in [5.74, 6) is 0.249. The number of thioether (sulfide) groups is 1. The summed E-state index contributed by atoms with van der Waals surface area (Å²) in [6.07, 6.45) is 0.790. The third-order valence-corrected chi connectivity index (χ3v) is 2.86. The van der Waals surface area contributed by atoms with Gasteiger partial charge in [-0.15, -0.1) is 11.8 Å². The van der Waals surface area contributed by atoms with E-state index in [0.717, 1.165) is 4.90 Å². The molecule has 0 bridgehead atoms. The van der Waals surface area contributed by atoms with Crippen LogP contribution in [0.2, 0.25) is 0 Å². The van der Waals surface area contributed by atoms with Gasteiger partial charge in [0.1, 0.15) is 11.5 Å². The molecule has 0 radical (unpaired) electrons. The summed E-state index contributed by atoms with van der Waals surface area (Å²) in [7, 11) is 0. The van der Waals surface area contributed by atoms with Crippen LogP contribution >= 0.6 is 11.8 Å². The number of nitrogen functional groups attached to an aromatic ring is 1. The molecule has 82 valence electrons. The van der Waals surface area contributed by atoms with Crippen molar-refractivity contribution in [2.75, 3.05) is 12.4 Å². The Kier molecular flexibility index (Phi) is 4.54. The molecule has 1 heterocycles. The number of nitrogens with one attached hydrogen (secondary N) is 1. The summed E-state index contributed by atoms with van der Waals surface area (Å²) in [4.78, 5) is 4.70. The van der Waals surface area contributed by atoms with Gasteiger partial charge in [0.25, 0.3) is 0 Å². The molecule has 0 saturated heterocycles. The number of hydrogen-bond acceptors (Lipinski definition) is 5. The Balaban J connectivity index is 2.72. The predicted octanol–water partition coefficient (Wildman–Crippen LogP) is -0.189. The Morgan fingerprint density at radius 3 is 3.00 bits per heavy atom. The highest BCUT2D eigenvalue weighted by molar-refractivity contribution is 7.99. The van der Waals surface area contributed by atoms with Crippen LogP contribution < -0.4 is 5.73 Å². The van der Waals surface area contributed by atoms with Crippen LogP contribution in [0.25, 0.3) is 0 Å². The molecule has 1 aromatic rings. The van der Waals surface area contributed by atoms with Gasteiger partial charge in [-0.05, 0) is 12.1 Å². The molecule has 0 aliphatic rings. The van der Waals surface area contributed by atoms with Crippen LogP contribution in [0.5, 0.6) is 0 Å². The molecule has 6 heteroatoms. The lowest BCUT2D eigenvalue weighted by Gasteiger charge is -2.08. The lowest BCUT2D eigenvalue weighted by atomic mass is 10.3. The Labute approximate surface area is 91.8 Å². The van der Waals surface area contributed by atoms with Gasteiger partial charge in [0.2, 0.25) is 0 Å². The summed E-state index contributed by atoms with van der Waals surface area (Å²) in [6.45, 7) is -0.275. The Morgan fingerprint density at radius 1 is 1.67 bits per heavy atom. The number of aliphatic hydroxyl groups is 2. The van der Waals surface area contributed by atoms with Crippen LogP contribution in [0.4, 0.5) is 0 Å². The quantitative estimate of drug-likeness (QED) is 0.317. The Hall–Kier alpha value is -1.11. The van der Waals surface area contributed by atoms with Gasteiger partial charge >= 0.3 is 0 Å². The van der Waals surface area contributed by atoms with E-state index in [4.69, 9.17) is 16.2 Å². The van der Waals surface area contributed by atoms with Crippen molar-refractivity contribution >= 4 is 17.6 Å². The van der Waals surface area contributed by atoms with Crippen molar-refractivity contribution in [2.45, 2.75) is 11.0 Å². The normalized spacial score (nSPS) is 12.4. The van der Waals surface area contributed by atoms with Crippen LogP contribution in [-0.2, 0) is 0 Å². The fourth-order valence-electron chi connectivity index (χ4n) is 0.948. The molecule has 0 spiro atoms. The van der Waals surface area contributed by atoms with Gasteiger partial charge in [-0.25, -0.2) is 0 Å². The first-order valence-electron chi connectivity index (χ1n) is 4.36. The van der Waals surface area contributed by atoms with E-state index in [9.17, 15) is 5.11 Å². The minimum atomic E-state index is -0.769. The molecule has 0 amide bonds. The van der Waals surface area contributed by atoms with E-state index in [1.54, 1.807) is 18.3 Å². The average Bonchev–Trinajstić information content (AvgIpc) is 2.26. The number of aliphatic hydroxyl groups excluding tert-OH is 2. The molecule has 0 fully saturated rings. The third kappa shape index (κ3) is 3.50. The predicted molar refractivity (Wildman–Crippen MR) is 59.1 cm³/mol. The van der Waals surface area contributed by atoms with Crippen molar-refractivity contribution in [3.63, 3.8) is 0 Å². The lowest BCUT2D eigenvalue weighted by Crippen LogP contribution is -2.17. The number of pyridine rings is 1. The molecule has 0 saturated carbocycles. The zero-order valence-electron chi connectivity index (χ0n) is 8.05. The van der Waals surface area contributed by atoms with E-state index in [2.05, 4.69) is 4.98 Å². The number of rotatable bonds is 5. The van der Waals surface area contributed by atoms with E-state index >= 15 is 0 Å². The molecule has 1 aromatic heterocycles. The first-order chi connectivity index (χ1) is 7.15. The van der Waals surface area contributed by atoms with Crippen LogP contribution in [0, 0.1) is 5.41 Å². The summed E-state index contributed by atoms with van der Waals surface area (Å²) in [6, 6.07) is 3.51. The fourth-order valence-corrected chi connectivity index (χ4v) is 1.90. The van der Waals surface area contributed by atoms with Crippen molar-refractivity contribution in [3.8, 4) is 0 Å². The number of aromatic nitrogens is 1. The molecular weight excluding hydrogens is 214 g/mol. The monoisotopic (exact) mass is 227 g/mol. The summed E-state index contributed by atoms with van der Waals surface area (Å²) >= 11 is 1.31. The molecule has 5 nitrogen and oxygen atoms in total. The molecule has 1 unspecified atom stereocenters. The van der Waals surface area contributed by atoms with Crippen LogP contribution in [0.3, 0.4) is 0 Å². The highest BCUT2D eigenvalue weighted by Gasteiger charge is 2.09. The van der Waals surface area contributed by atoms with Gasteiger partial charge in [0, 0.05) is 16.8 Å². The second-order valence-corrected chi connectivity index (χ2v) is 3.97. The van der Waals surface area contributed by atoms with Crippen molar-refractivity contribution in [1.29, 1.82) is 5.41 Å². The first-order valence-corrected chi connectivity index (χ1v) is 5.35. The highest BCUT2D eigenvalue weighted by atomic mass is 32.2. The highest BCUT2D eigenvalue weighted by Crippen LogP contribution is 2.21. The van der Waals surface area contributed by atoms with E-state index in [-0.39, 0.29) is 12.4 Å². The molecule has 1 rings (SSSR count). The SMILES string of the molecule is N=C(N)c1ncccc1SCC(O)CO. The maximum atomic E-state index is 9.17. The smallest absolute Gasteiger partial charge is 0.142 e. The van der Waals surface area contributed by atoms with Crippen LogP contribution in [0.1, 0.15) is 5.69 Å². The maximum Gasteiger partial charge on any atom is 0.142 e. The zero-order valence-corrected chi connectivity index (χ0v) is 8.87. The second-order valence-electron chi connectivity index (χ2n) is 2.91. The number of nitrogens with zero attached hydrogens (tertiary/aromatic N) is 1. The summed E-state index contributed by atoms with van der Waals surface area (Å²) in [5, 5.41) is 25.1. The molecule has 0 aliphatic heterocycles. The Bertz CT molecular complexity index is 346. The van der Waals surface area contributed by atoms with Crippen molar-refractivity contribution in [3.05, 3.63) is 24.0 Å². The lowest BCUT2D eigenvalue weighted by molar-refractivity contribution is 0.113. The Morgan fingerprint density at radius 2 is 2.40 bits per heavy atom. The topological polar surface area (TPSA) is 103 Å². The summed E-state index contributed by atoms with van der Waals surface area (Å²) < 4.78 is 0. The molecule has 1 atom stereocenters. The minimum absolute atomic E-state index is 0.100. The van der Waals surface area contributed by atoms with Gasteiger partial charge in [0.05, 0.1) is 12.7 Å². The average molecular weight is 227 g/mol. The van der Waals surface area contributed by atoms with E-state index in [0.29, 0.717) is 11.4 Å². The second kappa shape index (κ2) is 5.69. The molecule has 15 heavy (non-hydrogen) atoms. The van der Waals surface area contributed by atoms with Gasteiger partial charge in [-0.3, -0.25) is 10.4 Å². The number of nitrogens with two attached hydrogens (primary N) is 1. The molecule has 0 aliphatic carbocycles. The molecular formula is C9H13N3O2S. The van der Waals surface area contributed by atoms with Gasteiger partial charge in [-0.2, -0.15) is 0 Å². The van der Waals surface area contributed by atoms with Gasteiger partial charge < -0.3 is 15.9 Å². The van der Waals surface area contributed by atoms with Crippen molar-refractivity contribution in [1.82, 2.24) is 4.98 Å². The largest absolute Gasteiger partial charge is 0.394 e. The van der Waals surface area contributed by atoms with E-state index in [1.807, 2.05) is 0 Å². The van der Waals surface area contributed by atoms with Gasteiger partial charge in [-0.1, -0.05) is 0 Å². The van der Waals surface area contributed by atoms with Crippen LogP contribution in [-0.4, -0.2) is 39.5 Å². The number of hydrogen-bond donors (Lipinski definition) is 4. The van der Waals surface area contributed by atoms with Crippen molar-refractivity contribution in [2.24, 2.45) is 5.73 Å². The van der Waals surface area contributed by atoms with Gasteiger partial charge in [0.15, 0.2) is 0 Å². The third-order valence-electron chi connectivity index (χ3n) is 1.67. The minimum Gasteiger partial charge on any atom is -0.394 e. The van der Waals surface area contributed by atoms with E-state index < -0.39 is 6.10 Å². The zero-order chi connectivity index (χ0) is 11.3. The number of amidine groups is 1. The standard InChI is InChI=1S/C9H13N3O2S/c10-9(11)8-7(2-1-3-12-8)15-5-6(14)4-13/h1-3,6,13-14H,4-5H2,(H3,10,11). The molecule has 0 aromatic carbocycles. The summed E-state index contributed by atoms with van der Waals surface area (Å²) in [5.41, 5.74) is 5.76. The maximum absolute atomic E-state index is 9.17.